The van der Waals surface area contributed by atoms with Gasteiger partial charge in [-0.25, -0.2) is 17.8 Å². The number of nitrogens with one attached hydrogen (secondary N) is 2. The molecule has 0 radical (unpaired) electrons. The molecule has 0 bridgehead atoms. The van der Waals surface area contributed by atoms with Gasteiger partial charge in [0.2, 0.25) is 0 Å². The smallest absolute Gasteiger partial charge is 0.266 e. The highest BCUT2D eigenvalue weighted by atomic mass is 35.5. The van der Waals surface area contributed by atoms with Crippen LogP contribution in [0, 0.1) is 5.82 Å². The maximum Gasteiger partial charge on any atom is 0.266 e. The summed E-state index contributed by atoms with van der Waals surface area (Å²) in [6, 6.07) is 3.12. The van der Waals surface area contributed by atoms with Crippen molar-refractivity contribution in [1.29, 1.82) is 0 Å². The summed E-state index contributed by atoms with van der Waals surface area (Å²) in [6.07, 6.45) is 5.71. The molecule has 1 aromatic heterocycles. The third kappa shape index (κ3) is 5.20. The standard InChI is InChI=1S/C19H26ClFN4O2S2/c1-12(2)25(3)17-7-5-4-6-15(17)23-16-11-14(21)18(10-13(16)20)29(26,27)24-19-22-8-9-28-19/h8-12,15,17,23H,4-7H2,1-3H3,(H,22,24)/t15?,17-/m0/s1. The van der Waals surface area contributed by atoms with Crippen LogP contribution in [0.1, 0.15) is 39.5 Å². The van der Waals surface area contributed by atoms with Gasteiger partial charge in [-0.3, -0.25) is 9.62 Å². The first-order chi connectivity index (χ1) is 13.7. The average molecular weight is 461 g/mol. The molecule has 160 valence electrons. The Balaban J connectivity index is 1.83. The minimum Gasteiger partial charge on any atom is -0.379 e. The molecule has 0 aliphatic heterocycles. The van der Waals surface area contributed by atoms with Crippen molar-refractivity contribution in [2.75, 3.05) is 17.1 Å². The van der Waals surface area contributed by atoms with Crippen molar-refractivity contribution in [3.63, 3.8) is 0 Å². The third-order valence-corrected chi connectivity index (χ3v) is 7.86. The van der Waals surface area contributed by atoms with E-state index < -0.39 is 20.7 Å². The molecule has 1 aromatic carbocycles. The molecule has 1 saturated carbocycles. The molecule has 1 heterocycles. The first-order valence-corrected chi connectivity index (χ1v) is 12.3. The van der Waals surface area contributed by atoms with Gasteiger partial charge in [-0.05, 0) is 45.9 Å². The summed E-state index contributed by atoms with van der Waals surface area (Å²) in [5.41, 5.74) is 0.409. The zero-order valence-electron chi connectivity index (χ0n) is 16.7. The Morgan fingerprint density at radius 3 is 2.69 bits per heavy atom. The maximum absolute atomic E-state index is 14.7. The maximum atomic E-state index is 14.7. The number of aromatic nitrogens is 1. The molecule has 6 nitrogen and oxygen atoms in total. The molecular weight excluding hydrogens is 435 g/mol. The number of likely N-dealkylation sites (N-methyl/N-ethyl adjacent to an activating group) is 1. The molecule has 3 rings (SSSR count). The SMILES string of the molecule is CC(C)N(C)[C@H]1CCCCC1Nc1cc(F)c(S(=O)(=O)Nc2nccs2)cc1Cl. The van der Waals surface area contributed by atoms with Crippen LogP contribution >= 0.6 is 22.9 Å². The number of hydrogen-bond acceptors (Lipinski definition) is 6. The third-order valence-electron chi connectivity index (χ3n) is 5.37. The molecule has 2 aromatic rings. The fourth-order valence-corrected chi connectivity index (χ4v) is 5.80. The summed E-state index contributed by atoms with van der Waals surface area (Å²) in [4.78, 5) is 5.69. The van der Waals surface area contributed by atoms with Crippen molar-refractivity contribution in [2.24, 2.45) is 0 Å². The van der Waals surface area contributed by atoms with Crippen LogP contribution in [0.25, 0.3) is 0 Å². The lowest BCUT2D eigenvalue weighted by molar-refractivity contribution is 0.143. The molecular formula is C19H26ClFN4O2S2. The van der Waals surface area contributed by atoms with E-state index in [1.165, 1.54) is 12.3 Å². The lowest BCUT2D eigenvalue weighted by atomic mass is 9.88. The minimum atomic E-state index is -4.12. The Kier molecular flexibility index (Phi) is 7.03. The summed E-state index contributed by atoms with van der Waals surface area (Å²) < 4.78 is 42.1. The molecule has 0 amide bonds. The molecule has 29 heavy (non-hydrogen) atoms. The van der Waals surface area contributed by atoms with Crippen LogP contribution in [0.4, 0.5) is 15.2 Å². The largest absolute Gasteiger partial charge is 0.379 e. The topological polar surface area (TPSA) is 74.3 Å². The minimum absolute atomic E-state index is 0.115. The van der Waals surface area contributed by atoms with Crippen molar-refractivity contribution in [2.45, 2.75) is 62.6 Å². The highest BCUT2D eigenvalue weighted by Gasteiger charge is 2.30. The molecule has 1 fully saturated rings. The predicted octanol–water partition coefficient (Wildman–Crippen LogP) is 4.80. The number of hydrogen-bond donors (Lipinski definition) is 2. The van der Waals surface area contributed by atoms with Crippen molar-refractivity contribution in [3.05, 3.63) is 34.5 Å². The first-order valence-electron chi connectivity index (χ1n) is 9.59. The van der Waals surface area contributed by atoms with Gasteiger partial charge in [0.15, 0.2) is 5.13 Å². The molecule has 1 aliphatic rings. The van der Waals surface area contributed by atoms with Crippen molar-refractivity contribution in [1.82, 2.24) is 9.88 Å². The van der Waals surface area contributed by atoms with Crippen molar-refractivity contribution in [3.8, 4) is 0 Å². The number of rotatable bonds is 7. The Morgan fingerprint density at radius 2 is 2.03 bits per heavy atom. The van der Waals surface area contributed by atoms with Crippen LogP contribution in [0.5, 0.6) is 0 Å². The number of sulfonamides is 1. The Labute approximate surface area is 180 Å². The number of nitrogens with zero attached hydrogens (tertiary/aromatic N) is 2. The van der Waals surface area contributed by atoms with Gasteiger partial charge in [0.25, 0.3) is 10.0 Å². The quantitative estimate of drug-likeness (QED) is 0.620. The highest BCUT2D eigenvalue weighted by molar-refractivity contribution is 7.93. The second-order valence-corrected chi connectivity index (χ2v) is 10.5. The average Bonchev–Trinajstić information content (AvgIpc) is 3.16. The molecule has 2 atom stereocenters. The lowest BCUT2D eigenvalue weighted by Gasteiger charge is -2.41. The van der Waals surface area contributed by atoms with Gasteiger partial charge in [0.1, 0.15) is 10.7 Å². The van der Waals surface area contributed by atoms with Crippen molar-refractivity contribution >= 4 is 43.8 Å². The zero-order valence-corrected chi connectivity index (χ0v) is 19.0. The number of thiazole rings is 1. The normalized spacial score (nSPS) is 20.2. The van der Waals surface area contributed by atoms with Gasteiger partial charge in [0.05, 0.1) is 10.7 Å². The number of benzene rings is 1. The van der Waals surface area contributed by atoms with Gasteiger partial charge in [-0.1, -0.05) is 24.4 Å². The monoisotopic (exact) mass is 460 g/mol. The van der Waals surface area contributed by atoms with E-state index in [4.69, 9.17) is 11.6 Å². The molecule has 0 spiro atoms. The highest BCUT2D eigenvalue weighted by Crippen LogP contribution is 2.33. The fourth-order valence-electron chi connectivity index (χ4n) is 3.64. The summed E-state index contributed by atoms with van der Waals surface area (Å²) in [6.45, 7) is 4.29. The first kappa shape index (κ1) is 22.3. The molecule has 1 aliphatic carbocycles. The van der Waals surface area contributed by atoms with Gasteiger partial charge in [-0.2, -0.15) is 0 Å². The van der Waals surface area contributed by atoms with Crippen LogP contribution in [-0.4, -0.2) is 43.5 Å². The van der Waals surface area contributed by atoms with E-state index in [9.17, 15) is 12.8 Å². The van der Waals surface area contributed by atoms with E-state index in [1.807, 2.05) is 0 Å². The number of halogens is 2. The number of anilines is 2. The molecule has 1 unspecified atom stereocenters. The van der Waals surface area contributed by atoms with Gasteiger partial charge < -0.3 is 5.32 Å². The second-order valence-electron chi connectivity index (χ2n) is 7.57. The summed E-state index contributed by atoms with van der Waals surface area (Å²) in [7, 11) is -2.02. The van der Waals surface area contributed by atoms with Gasteiger partial charge in [-0.15, -0.1) is 11.3 Å². The Bertz CT molecular complexity index is 938. The fraction of sp³-hybridized carbons (Fsp3) is 0.526. The van der Waals surface area contributed by atoms with Gasteiger partial charge in [0, 0.05) is 29.7 Å². The summed E-state index contributed by atoms with van der Waals surface area (Å²) in [5, 5.41) is 5.33. The summed E-state index contributed by atoms with van der Waals surface area (Å²) in [5.74, 6) is -0.856. The van der Waals surface area contributed by atoms with Crippen LogP contribution in [-0.2, 0) is 10.0 Å². The van der Waals surface area contributed by atoms with Crippen molar-refractivity contribution < 1.29 is 12.8 Å². The summed E-state index contributed by atoms with van der Waals surface area (Å²) >= 11 is 7.46. The molecule has 10 heteroatoms. The molecule has 0 saturated heterocycles. The Morgan fingerprint density at radius 1 is 1.31 bits per heavy atom. The van der Waals surface area contributed by atoms with Crippen LogP contribution < -0.4 is 10.0 Å². The van der Waals surface area contributed by atoms with Gasteiger partial charge >= 0.3 is 0 Å². The van der Waals surface area contributed by atoms with Crippen LogP contribution in [0.3, 0.4) is 0 Å². The van der Waals surface area contributed by atoms with E-state index in [1.54, 1.807) is 5.38 Å². The van der Waals surface area contributed by atoms with E-state index >= 15 is 0 Å². The van der Waals surface area contributed by atoms with E-state index in [2.05, 4.69) is 40.8 Å². The second kappa shape index (κ2) is 9.16. The van der Waals surface area contributed by atoms with E-state index in [-0.39, 0.29) is 16.2 Å². The lowest BCUT2D eigenvalue weighted by Crippen LogP contribution is -2.49. The predicted molar refractivity (Wildman–Crippen MR) is 117 cm³/mol. The zero-order chi connectivity index (χ0) is 21.2. The van der Waals surface area contributed by atoms with Crippen LogP contribution in [0.15, 0.2) is 28.6 Å². The van der Waals surface area contributed by atoms with E-state index in [0.29, 0.717) is 17.8 Å². The Hall–Kier alpha value is -1.42. The van der Waals surface area contributed by atoms with E-state index in [0.717, 1.165) is 43.1 Å². The van der Waals surface area contributed by atoms with Crippen LogP contribution in [0.2, 0.25) is 5.02 Å². The molecule has 2 N–H and O–H groups in total.